The van der Waals surface area contributed by atoms with Crippen molar-refractivity contribution in [1.29, 1.82) is 0 Å². The van der Waals surface area contributed by atoms with Gasteiger partial charge in [-0.3, -0.25) is 0 Å². The zero-order valence-corrected chi connectivity index (χ0v) is 13.6. The highest BCUT2D eigenvalue weighted by Crippen LogP contribution is 2.20. The predicted octanol–water partition coefficient (Wildman–Crippen LogP) is 5.56. The smallest absolute Gasteiger partial charge is 0.319 e. The van der Waals surface area contributed by atoms with Crippen LogP contribution in [0, 0.1) is 0 Å². The summed E-state index contributed by atoms with van der Waals surface area (Å²) in [6.45, 7) is 0. The average Bonchev–Trinajstić information content (AvgIpc) is 2.63. The summed E-state index contributed by atoms with van der Waals surface area (Å²) in [5.74, 6) is 0. The van der Waals surface area contributed by atoms with Gasteiger partial charge in [0.05, 0.1) is 11.4 Å². The minimum absolute atomic E-state index is 0.138. The van der Waals surface area contributed by atoms with Crippen molar-refractivity contribution in [3.05, 3.63) is 54.6 Å². The van der Waals surface area contributed by atoms with Gasteiger partial charge in [0.1, 0.15) is 0 Å². The number of nitrogens with one attached hydrogen (secondary N) is 2. The SMILES string of the molecule is O=C(Nc1ccc(N=Nc2ccccc2)cc1)NC1CCCCC1. The number of anilines is 1. The summed E-state index contributed by atoms with van der Waals surface area (Å²) < 4.78 is 0. The number of carbonyl (C=O) groups is 1. The second kappa shape index (κ2) is 8.24. The lowest BCUT2D eigenvalue weighted by atomic mass is 9.96. The van der Waals surface area contributed by atoms with E-state index in [1.165, 1.54) is 19.3 Å². The van der Waals surface area contributed by atoms with Gasteiger partial charge in [0, 0.05) is 11.7 Å². The molecule has 5 nitrogen and oxygen atoms in total. The molecule has 1 saturated carbocycles. The number of azo groups is 1. The molecule has 2 N–H and O–H groups in total. The van der Waals surface area contributed by atoms with Crippen LogP contribution in [0.25, 0.3) is 0 Å². The standard InChI is InChI=1S/C19H22N4O/c24-19(20-15-7-3-1-4-8-15)21-16-11-13-18(14-12-16)23-22-17-9-5-2-6-10-17/h2,5-6,9-15H,1,3-4,7-8H2,(H2,20,21,24). The molecule has 1 aliphatic rings. The largest absolute Gasteiger partial charge is 0.335 e. The average molecular weight is 322 g/mol. The molecular weight excluding hydrogens is 300 g/mol. The molecule has 0 aromatic heterocycles. The van der Waals surface area contributed by atoms with Gasteiger partial charge in [-0.15, -0.1) is 0 Å². The molecule has 0 unspecified atom stereocenters. The Kier molecular flexibility index (Phi) is 5.56. The lowest BCUT2D eigenvalue weighted by Crippen LogP contribution is -2.38. The van der Waals surface area contributed by atoms with Gasteiger partial charge in [0.25, 0.3) is 0 Å². The number of hydrogen-bond donors (Lipinski definition) is 2. The number of nitrogens with zero attached hydrogens (tertiary/aromatic N) is 2. The summed E-state index contributed by atoms with van der Waals surface area (Å²) >= 11 is 0. The molecule has 0 bridgehead atoms. The first-order chi connectivity index (χ1) is 11.8. The fourth-order valence-electron chi connectivity index (χ4n) is 2.82. The Labute approximate surface area is 142 Å². The number of amides is 2. The maximum atomic E-state index is 12.0. The number of rotatable bonds is 4. The van der Waals surface area contributed by atoms with Gasteiger partial charge in [0.2, 0.25) is 0 Å². The van der Waals surface area contributed by atoms with E-state index in [0.29, 0.717) is 6.04 Å². The summed E-state index contributed by atoms with van der Waals surface area (Å²) in [6.07, 6.45) is 5.83. The number of benzene rings is 2. The van der Waals surface area contributed by atoms with Crippen molar-refractivity contribution < 1.29 is 4.79 Å². The van der Waals surface area contributed by atoms with Crippen LogP contribution in [-0.2, 0) is 0 Å². The molecule has 0 atom stereocenters. The monoisotopic (exact) mass is 322 g/mol. The molecule has 1 aliphatic carbocycles. The molecule has 0 aliphatic heterocycles. The van der Waals surface area contributed by atoms with Crippen LogP contribution in [0.2, 0.25) is 0 Å². The van der Waals surface area contributed by atoms with Crippen molar-refractivity contribution in [1.82, 2.24) is 5.32 Å². The zero-order valence-electron chi connectivity index (χ0n) is 13.6. The fraction of sp³-hybridized carbons (Fsp3) is 0.316. The van der Waals surface area contributed by atoms with Crippen LogP contribution in [0.3, 0.4) is 0 Å². The third-order valence-electron chi connectivity index (χ3n) is 4.10. The van der Waals surface area contributed by atoms with Crippen LogP contribution in [-0.4, -0.2) is 12.1 Å². The van der Waals surface area contributed by atoms with E-state index in [1.54, 1.807) is 0 Å². The van der Waals surface area contributed by atoms with Crippen LogP contribution in [0.4, 0.5) is 21.9 Å². The van der Waals surface area contributed by atoms with E-state index in [4.69, 9.17) is 0 Å². The van der Waals surface area contributed by atoms with Crippen LogP contribution >= 0.6 is 0 Å². The topological polar surface area (TPSA) is 65.8 Å². The van der Waals surface area contributed by atoms with E-state index < -0.39 is 0 Å². The number of carbonyl (C=O) groups excluding carboxylic acids is 1. The van der Waals surface area contributed by atoms with Gasteiger partial charge >= 0.3 is 6.03 Å². The predicted molar refractivity (Wildman–Crippen MR) is 96.1 cm³/mol. The maximum absolute atomic E-state index is 12.0. The summed E-state index contributed by atoms with van der Waals surface area (Å²) in [4.78, 5) is 12.0. The van der Waals surface area contributed by atoms with Crippen LogP contribution < -0.4 is 10.6 Å². The maximum Gasteiger partial charge on any atom is 0.319 e. The fourth-order valence-corrected chi connectivity index (χ4v) is 2.82. The molecule has 2 aromatic rings. The second-order valence-corrected chi connectivity index (χ2v) is 6.02. The van der Waals surface area contributed by atoms with Crippen molar-refractivity contribution in [2.75, 3.05) is 5.32 Å². The highest BCUT2D eigenvalue weighted by molar-refractivity contribution is 5.89. The number of urea groups is 1. The molecule has 0 radical (unpaired) electrons. The van der Waals surface area contributed by atoms with Crippen molar-refractivity contribution in [2.45, 2.75) is 38.1 Å². The summed E-state index contributed by atoms with van der Waals surface area (Å²) in [5, 5.41) is 14.3. The normalized spacial score (nSPS) is 15.3. The van der Waals surface area contributed by atoms with Crippen molar-refractivity contribution >= 4 is 23.1 Å². The van der Waals surface area contributed by atoms with Crippen molar-refractivity contribution in [3.63, 3.8) is 0 Å². The van der Waals surface area contributed by atoms with Crippen molar-refractivity contribution in [3.8, 4) is 0 Å². The molecular formula is C19H22N4O. The molecule has 0 spiro atoms. The van der Waals surface area contributed by atoms with E-state index in [2.05, 4.69) is 20.9 Å². The van der Waals surface area contributed by atoms with Crippen LogP contribution in [0.15, 0.2) is 64.8 Å². The Morgan fingerprint density at radius 2 is 1.46 bits per heavy atom. The molecule has 124 valence electrons. The minimum Gasteiger partial charge on any atom is -0.335 e. The minimum atomic E-state index is -0.138. The van der Waals surface area contributed by atoms with Gasteiger partial charge in [-0.25, -0.2) is 4.79 Å². The number of hydrogen-bond acceptors (Lipinski definition) is 3. The van der Waals surface area contributed by atoms with Gasteiger partial charge in [-0.2, -0.15) is 10.2 Å². The first-order valence-electron chi connectivity index (χ1n) is 8.44. The van der Waals surface area contributed by atoms with Crippen molar-refractivity contribution in [2.24, 2.45) is 10.2 Å². The van der Waals surface area contributed by atoms with E-state index >= 15 is 0 Å². The third-order valence-corrected chi connectivity index (χ3v) is 4.10. The lowest BCUT2D eigenvalue weighted by molar-refractivity contribution is 0.244. The van der Waals surface area contributed by atoms with E-state index in [9.17, 15) is 4.79 Å². The van der Waals surface area contributed by atoms with Gasteiger partial charge < -0.3 is 10.6 Å². The lowest BCUT2D eigenvalue weighted by Gasteiger charge is -2.22. The Hall–Kier alpha value is -2.69. The third kappa shape index (κ3) is 4.91. The Morgan fingerprint density at radius 3 is 2.12 bits per heavy atom. The molecule has 24 heavy (non-hydrogen) atoms. The molecule has 5 heteroatoms. The van der Waals surface area contributed by atoms with E-state index in [-0.39, 0.29) is 6.03 Å². The van der Waals surface area contributed by atoms with Gasteiger partial charge in [-0.05, 0) is 49.2 Å². The van der Waals surface area contributed by atoms with Crippen LogP contribution in [0.1, 0.15) is 32.1 Å². The Morgan fingerprint density at radius 1 is 0.833 bits per heavy atom. The Bertz CT molecular complexity index is 676. The zero-order chi connectivity index (χ0) is 16.6. The molecule has 0 heterocycles. The molecule has 0 saturated heterocycles. The van der Waals surface area contributed by atoms with Crippen LogP contribution in [0.5, 0.6) is 0 Å². The molecule has 2 aromatic carbocycles. The summed E-state index contributed by atoms with van der Waals surface area (Å²) in [7, 11) is 0. The molecule has 1 fully saturated rings. The van der Waals surface area contributed by atoms with E-state index in [1.807, 2.05) is 54.6 Å². The van der Waals surface area contributed by atoms with Gasteiger partial charge in [-0.1, -0.05) is 37.5 Å². The second-order valence-electron chi connectivity index (χ2n) is 6.02. The molecule has 2 amide bonds. The molecule has 3 rings (SSSR count). The highest BCUT2D eigenvalue weighted by atomic mass is 16.2. The van der Waals surface area contributed by atoms with Gasteiger partial charge in [0.15, 0.2) is 0 Å². The first-order valence-corrected chi connectivity index (χ1v) is 8.44. The Balaban J connectivity index is 1.52. The van der Waals surface area contributed by atoms with E-state index in [0.717, 1.165) is 29.9 Å². The highest BCUT2D eigenvalue weighted by Gasteiger charge is 2.15. The quantitative estimate of drug-likeness (QED) is 0.711. The summed E-state index contributed by atoms with van der Waals surface area (Å²) in [5.41, 5.74) is 2.31. The first kappa shape index (κ1) is 16.2. The summed E-state index contributed by atoms with van der Waals surface area (Å²) in [6, 6.07) is 17.1.